The van der Waals surface area contributed by atoms with Crippen LogP contribution in [0.1, 0.15) is 11.3 Å². The number of nitrogens with zero attached hydrogens (tertiary/aromatic N) is 2. The normalized spacial score (nSPS) is 10.9. The van der Waals surface area contributed by atoms with Gasteiger partial charge in [0.1, 0.15) is 17.6 Å². The van der Waals surface area contributed by atoms with E-state index in [0.29, 0.717) is 5.56 Å². The van der Waals surface area contributed by atoms with Crippen molar-refractivity contribution in [1.82, 2.24) is 4.98 Å². The van der Waals surface area contributed by atoms with Crippen molar-refractivity contribution in [3.8, 4) is 6.07 Å². The average Bonchev–Trinajstić information content (AvgIpc) is 2.39. The fourth-order valence-corrected chi connectivity index (χ4v) is 2.95. The van der Waals surface area contributed by atoms with Crippen molar-refractivity contribution in [2.75, 3.05) is 0 Å². The first kappa shape index (κ1) is 13.2. The van der Waals surface area contributed by atoms with Crippen LogP contribution in [0.25, 0.3) is 0 Å². The third-order valence-electron chi connectivity index (χ3n) is 2.52. The smallest absolute Gasteiger partial charge is 0.182 e. The van der Waals surface area contributed by atoms with Gasteiger partial charge in [0, 0.05) is 11.8 Å². The predicted octanol–water partition coefficient (Wildman–Crippen LogP) is 2.07. The molecule has 0 bridgehead atoms. The van der Waals surface area contributed by atoms with Gasteiger partial charge in [-0.1, -0.05) is 6.07 Å². The second kappa shape index (κ2) is 5.16. The molecule has 1 heterocycles. The third kappa shape index (κ3) is 2.95. The molecular weight excluding hydrogens is 267 g/mol. The average molecular weight is 276 g/mol. The van der Waals surface area contributed by atoms with Crippen LogP contribution in [0.2, 0.25) is 0 Å². The molecule has 0 amide bonds. The highest BCUT2D eigenvalue weighted by Gasteiger charge is 2.17. The molecule has 0 radical (unpaired) electrons. The summed E-state index contributed by atoms with van der Waals surface area (Å²) in [4.78, 5) is 3.82. The number of hydrogen-bond acceptors (Lipinski definition) is 4. The molecule has 2 aromatic rings. The zero-order valence-corrected chi connectivity index (χ0v) is 10.6. The molecule has 0 aliphatic rings. The molecule has 0 atom stereocenters. The highest BCUT2D eigenvalue weighted by molar-refractivity contribution is 7.90. The summed E-state index contributed by atoms with van der Waals surface area (Å²) < 4.78 is 37.0. The maximum absolute atomic E-state index is 12.8. The maximum Gasteiger partial charge on any atom is 0.182 e. The SMILES string of the molecule is N#Cc1ncccc1CS(=O)(=O)c1ccc(F)cc1. The molecule has 96 valence electrons. The van der Waals surface area contributed by atoms with Crippen LogP contribution in [-0.2, 0) is 15.6 Å². The van der Waals surface area contributed by atoms with Crippen molar-refractivity contribution < 1.29 is 12.8 Å². The molecule has 0 aliphatic heterocycles. The number of sulfone groups is 1. The Morgan fingerprint density at radius 3 is 2.53 bits per heavy atom. The van der Waals surface area contributed by atoms with Crippen LogP contribution in [-0.4, -0.2) is 13.4 Å². The minimum Gasteiger partial charge on any atom is -0.245 e. The Morgan fingerprint density at radius 1 is 1.21 bits per heavy atom. The van der Waals surface area contributed by atoms with E-state index < -0.39 is 15.7 Å². The lowest BCUT2D eigenvalue weighted by Gasteiger charge is -2.05. The van der Waals surface area contributed by atoms with E-state index in [4.69, 9.17) is 5.26 Å². The Morgan fingerprint density at radius 2 is 1.89 bits per heavy atom. The first-order valence-electron chi connectivity index (χ1n) is 5.35. The highest BCUT2D eigenvalue weighted by atomic mass is 32.2. The second-order valence-corrected chi connectivity index (χ2v) is 5.83. The minimum atomic E-state index is -3.62. The summed E-state index contributed by atoms with van der Waals surface area (Å²) in [5, 5.41) is 8.87. The van der Waals surface area contributed by atoms with Crippen LogP contribution in [0.4, 0.5) is 4.39 Å². The number of rotatable bonds is 3. The monoisotopic (exact) mass is 276 g/mol. The molecule has 1 aromatic carbocycles. The van der Waals surface area contributed by atoms with Crippen molar-refractivity contribution >= 4 is 9.84 Å². The second-order valence-electron chi connectivity index (χ2n) is 3.84. The van der Waals surface area contributed by atoms with E-state index >= 15 is 0 Å². The first-order valence-corrected chi connectivity index (χ1v) is 7.00. The summed E-state index contributed by atoms with van der Waals surface area (Å²) in [6.07, 6.45) is 1.42. The van der Waals surface area contributed by atoms with Gasteiger partial charge in [0.2, 0.25) is 0 Å². The maximum atomic E-state index is 12.8. The number of pyridine rings is 1. The van der Waals surface area contributed by atoms with Gasteiger partial charge in [0.05, 0.1) is 10.6 Å². The molecule has 4 nitrogen and oxygen atoms in total. The first-order chi connectivity index (χ1) is 9.03. The Hall–Kier alpha value is -2.26. The van der Waals surface area contributed by atoms with Crippen molar-refractivity contribution in [3.05, 3.63) is 59.7 Å². The molecular formula is C13H9FN2O2S. The quantitative estimate of drug-likeness (QED) is 0.804. The zero-order valence-electron chi connectivity index (χ0n) is 9.75. The number of halogens is 1. The van der Waals surface area contributed by atoms with Gasteiger partial charge in [-0.05, 0) is 30.3 Å². The van der Waals surface area contributed by atoms with Gasteiger partial charge in [-0.3, -0.25) is 0 Å². The van der Waals surface area contributed by atoms with Crippen LogP contribution in [0.5, 0.6) is 0 Å². The van der Waals surface area contributed by atoms with Crippen LogP contribution >= 0.6 is 0 Å². The fourth-order valence-electron chi connectivity index (χ4n) is 1.59. The van der Waals surface area contributed by atoms with Crippen LogP contribution < -0.4 is 0 Å². The predicted molar refractivity (Wildman–Crippen MR) is 66.2 cm³/mol. The van der Waals surface area contributed by atoms with E-state index in [9.17, 15) is 12.8 Å². The van der Waals surface area contributed by atoms with Gasteiger partial charge in [-0.2, -0.15) is 5.26 Å². The van der Waals surface area contributed by atoms with Crippen molar-refractivity contribution in [2.45, 2.75) is 10.6 Å². The van der Waals surface area contributed by atoms with E-state index in [1.807, 2.05) is 6.07 Å². The summed E-state index contributed by atoms with van der Waals surface area (Å²) in [6, 6.07) is 9.52. The van der Waals surface area contributed by atoms with Gasteiger partial charge < -0.3 is 0 Å². The summed E-state index contributed by atoms with van der Waals surface area (Å²) in [5.74, 6) is -0.840. The molecule has 0 aliphatic carbocycles. The van der Waals surface area contributed by atoms with Gasteiger partial charge in [0.25, 0.3) is 0 Å². The third-order valence-corrected chi connectivity index (χ3v) is 4.20. The highest BCUT2D eigenvalue weighted by Crippen LogP contribution is 2.18. The lowest BCUT2D eigenvalue weighted by molar-refractivity contribution is 0.594. The number of hydrogen-bond donors (Lipinski definition) is 0. The zero-order chi connectivity index (χ0) is 13.9. The van der Waals surface area contributed by atoms with E-state index in [0.717, 1.165) is 12.1 Å². The Bertz CT molecular complexity index is 734. The number of nitriles is 1. The molecule has 0 saturated heterocycles. The lowest BCUT2D eigenvalue weighted by Crippen LogP contribution is -2.07. The minimum absolute atomic E-state index is 0.0154. The number of benzene rings is 1. The molecule has 1 aromatic heterocycles. The van der Waals surface area contributed by atoms with E-state index in [1.54, 1.807) is 6.07 Å². The van der Waals surface area contributed by atoms with Crippen molar-refractivity contribution in [1.29, 1.82) is 5.26 Å². The van der Waals surface area contributed by atoms with Gasteiger partial charge in [0.15, 0.2) is 9.84 Å². The van der Waals surface area contributed by atoms with Gasteiger partial charge in [-0.25, -0.2) is 17.8 Å². The summed E-state index contributed by atoms with van der Waals surface area (Å²) in [6.45, 7) is 0. The molecule has 19 heavy (non-hydrogen) atoms. The molecule has 0 unspecified atom stereocenters. The van der Waals surface area contributed by atoms with E-state index in [2.05, 4.69) is 4.98 Å². The molecule has 0 fully saturated rings. The Kier molecular flexibility index (Phi) is 3.58. The van der Waals surface area contributed by atoms with Gasteiger partial charge in [-0.15, -0.1) is 0 Å². The molecule has 6 heteroatoms. The summed E-state index contributed by atoms with van der Waals surface area (Å²) in [5.41, 5.74) is 0.405. The van der Waals surface area contributed by atoms with Crippen LogP contribution in [0, 0.1) is 17.1 Å². The Labute approximate surface area is 110 Å². The molecule has 2 rings (SSSR count). The largest absolute Gasteiger partial charge is 0.245 e. The lowest BCUT2D eigenvalue weighted by atomic mass is 10.2. The molecule has 0 saturated carbocycles. The fraction of sp³-hybridized carbons (Fsp3) is 0.0769. The topological polar surface area (TPSA) is 70.8 Å². The molecule has 0 N–H and O–H groups in total. The number of aromatic nitrogens is 1. The Balaban J connectivity index is 2.37. The van der Waals surface area contributed by atoms with E-state index in [-0.39, 0.29) is 16.3 Å². The molecule has 0 spiro atoms. The van der Waals surface area contributed by atoms with Crippen molar-refractivity contribution in [3.63, 3.8) is 0 Å². The van der Waals surface area contributed by atoms with Crippen LogP contribution in [0.15, 0.2) is 47.5 Å². The standard InChI is InChI=1S/C13H9FN2O2S/c14-11-3-5-12(6-4-11)19(17,18)9-10-2-1-7-16-13(10)8-15/h1-7H,9H2. The summed E-state index contributed by atoms with van der Waals surface area (Å²) >= 11 is 0. The van der Waals surface area contributed by atoms with Crippen LogP contribution in [0.3, 0.4) is 0 Å². The van der Waals surface area contributed by atoms with Crippen molar-refractivity contribution in [2.24, 2.45) is 0 Å². The van der Waals surface area contributed by atoms with E-state index in [1.165, 1.54) is 24.4 Å². The summed E-state index contributed by atoms with van der Waals surface area (Å²) in [7, 11) is -3.62. The van der Waals surface area contributed by atoms with Gasteiger partial charge >= 0.3 is 0 Å².